The number of nitrogens with two attached hydrogens (primary N) is 3. The SMILES string of the molecule is COOC(=O)C(CCCNC(N)N)C1(N)CCCCCCCCC1. The summed E-state index contributed by atoms with van der Waals surface area (Å²) >= 11 is 0. The molecule has 0 aromatic carbocycles. The van der Waals surface area contributed by atoms with Crippen molar-refractivity contribution in [2.24, 2.45) is 23.1 Å². The maximum Gasteiger partial charge on any atom is 0.347 e. The molecule has 1 rings (SSSR count). The summed E-state index contributed by atoms with van der Waals surface area (Å²) in [4.78, 5) is 21.9. The summed E-state index contributed by atoms with van der Waals surface area (Å²) in [6.07, 6.45) is 10.8. The predicted octanol–water partition coefficient (Wildman–Crippen LogP) is 1.50. The number of hydrogen-bond donors (Lipinski definition) is 4. The lowest BCUT2D eigenvalue weighted by atomic mass is 9.74. The molecule has 1 saturated carbocycles. The molecule has 0 saturated heterocycles. The first-order valence-electron chi connectivity index (χ1n) is 9.27. The highest BCUT2D eigenvalue weighted by Crippen LogP contribution is 2.33. The quantitative estimate of drug-likeness (QED) is 0.227. The molecule has 0 amide bonds. The molecule has 24 heavy (non-hydrogen) atoms. The van der Waals surface area contributed by atoms with Crippen molar-refractivity contribution in [3.05, 3.63) is 0 Å². The van der Waals surface area contributed by atoms with Crippen LogP contribution in [-0.4, -0.2) is 31.5 Å². The molecule has 1 unspecified atom stereocenters. The van der Waals surface area contributed by atoms with Crippen LogP contribution in [0, 0.1) is 5.92 Å². The third-order valence-corrected chi connectivity index (χ3v) is 4.98. The van der Waals surface area contributed by atoms with Crippen molar-refractivity contribution in [2.75, 3.05) is 13.7 Å². The summed E-state index contributed by atoms with van der Waals surface area (Å²) in [6, 6.07) is 0. The van der Waals surface area contributed by atoms with Crippen LogP contribution in [0.5, 0.6) is 0 Å². The van der Waals surface area contributed by atoms with Gasteiger partial charge in [-0.15, -0.1) is 0 Å². The molecule has 0 bridgehead atoms. The van der Waals surface area contributed by atoms with Crippen LogP contribution in [0.3, 0.4) is 0 Å². The highest BCUT2D eigenvalue weighted by atomic mass is 17.2. The van der Waals surface area contributed by atoms with Gasteiger partial charge in [0.05, 0.1) is 13.0 Å². The number of carbonyl (C=O) groups excluding carboxylic acids is 1. The molecular formula is C17H36N4O3. The van der Waals surface area contributed by atoms with Gasteiger partial charge in [-0.25, -0.2) is 4.79 Å². The van der Waals surface area contributed by atoms with Gasteiger partial charge in [-0.2, -0.15) is 4.89 Å². The maximum absolute atomic E-state index is 12.4. The Morgan fingerprint density at radius 3 is 2.12 bits per heavy atom. The molecule has 1 fully saturated rings. The largest absolute Gasteiger partial charge is 0.347 e. The monoisotopic (exact) mass is 344 g/mol. The van der Waals surface area contributed by atoms with Gasteiger partial charge < -0.3 is 17.2 Å². The zero-order chi connectivity index (χ0) is 17.8. The Kier molecular flexibility index (Phi) is 10.4. The lowest BCUT2D eigenvalue weighted by Gasteiger charge is -2.36. The Morgan fingerprint density at radius 2 is 1.62 bits per heavy atom. The topological polar surface area (TPSA) is 126 Å². The van der Waals surface area contributed by atoms with Crippen LogP contribution < -0.4 is 22.5 Å². The molecule has 0 aromatic rings. The first-order valence-corrected chi connectivity index (χ1v) is 9.27. The van der Waals surface area contributed by atoms with Crippen LogP contribution in [0.25, 0.3) is 0 Å². The number of carbonyl (C=O) groups is 1. The Balaban J connectivity index is 2.72. The van der Waals surface area contributed by atoms with Crippen molar-refractivity contribution >= 4 is 5.97 Å². The van der Waals surface area contributed by atoms with E-state index in [0.717, 1.165) is 32.1 Å². The van der Waals surface area contributed by atoms with E-state index >= 15 is 0 Å². The molecule has 142 valence electrons. The first-order chi connectivity index (χ1) is 11.5. The number of nitrogens with one attached hydrogen (secondary N) is 1. The molecule has 0 spiro atoms. The standard InChI is InChI=1S/C17H36N4O3/c1-23-24-15(22)14(10-9-13-21-16(18)19)17(20)11-7-5-3-2-4-6-8-12-17/h14,16,21H,2-13,18-20H2,1H3. The summed E-state index contributed by atoms with van der Waals surface area (Å²) in [7, 11) is 1.35. The van der Waals surface area contributed by atoms with Gasteiger partial charge in [0.15, 0.2) is 0 Å². The molecule has 7 N–H and O–H groups in total. The van der Waals surface area contributed by atoms with Gasteiger partial charge in [-0.05, 0) is 32.2 Å². The van der Waals surface area contributed by atoms with E-state index in [1.54, 1.807) is 0 Å². The Morgan fingerprint density at radius 1 is 1.08 bits per heavy atom. The third kappa shape index (κ3) is 7.90. The summed E-state index contributed by atoms with van der Waals surface area (Å²) in [5, 5.41) is 2.96. The van der Waals surface area contributed by atoms with Crippen LogP contribution in [0.2, 0.25) is 0 Å². The van der Waals surface area contributed by atoms with E-state index in [2.05, 4.69) is 10.2 Å². The molecule has 1 aliphatic carbocycles. The average molecular weight is 345 g/mol. The van der Waals surface area contributed by atoms with Crippen LogP contribution in [0.15, 0.2) is 0 Å². The van der Waals surface area contributed by atoms with Gasteiger partial charge >= 0.3 is 5.97 Å². The molecule has 7 heteroatoms. The van der Waals surface area contributed by atoms with E-state index in [1.165, 1.54) is 39.2 Å². The third-order valence-electron chi connectivity index (χ3n) is 4.98. The molecule has 0 heterocycles. The number of rotatable bonds is 8. The molecule has 0 aliphatic heterocycles. The van der Waals surface area contributed by atoms with Gasteiger partial charge in [0.25, 0.3) is 0 Å². The van der Waals surface area contributed by atoms with Crippen molar-refractivity contribution in [3.8, 4) is 0 Å². The smallest absolute Gasteiger partial charge is 0.324 e. The lowest BCUT2D eigenvalue weighted by Crippen LogP contribution is -2.51. The van der Waals surface area contributed by atoms with Crippen LogP contribution in [0.1, 0.15) is 70.6 Å². The van der Waals surface area contributed by atoms with E-state index in [4.69, 9.17) is 22.1 Å². The van der Waals surface area contributed by atoms with Gasteiger partial charge in [0.2, 0.25) is 0 Å². The minimum atomic E-state index is -0.546. The lowest BCUT2D eigenvalue weighted by molar-refractivity contribution is -0.261. The minimum absolute atomic E-state index is 0.367. The molecule has 7 nitrogen and oxygen atoms in total. The van der Waals surface area contributed by atoms with Crippen molar-refractivity contribution in [2.45, 2.75) is 82.5 Å². The summed E-state index contributed by atoms with van der Waals surface area (Å²) < 4.78 is 0. The van der Waals surface area contributed by atoms with E-state index in [-0.39, 0.29) is 11.9 Å². The highest BCUT2D eigenvalue weighted by Gasteiger charge is 2.40. The fraction of sp³-hybridized carbons (Fsp3) is 0.941. The Bertz CT molecular complexity index is 343. The van der Waals surface area contributed by atoms with E-state index in [0.29, 0.717) is 13.0 Å². The molecule has 1 aliphatic rings. The van der Waals surface area contributed by atoms with Gasteiger partial charge in [-0.1, -0.05) is 44.9 Å². The maximum atomic E-state index is 12.4. The van der Waals surface area contributed by atoms with E-state index < -0.39 is 11.8 Å². The van der Waals surface area contributed by atoms with Crippen molar-refractivity contribution in [1.82, 2.24) is 5.32 Å². The van der Waals surface area contributed by atoms with Crippen molar-refractivity contribution < 1.29 is 14.6 Å². The summed E-state index contributed by atoms with van der Waals surface area (Å²) in [5.41, 5.74) is 17.2. The second-order valence-electron chi connectivity index (χ2n) is 6.95. The molecule has 0 aromatic heterocycles. The van der Waals surface area contributed by atoms with Gasteiger partial charge in [0.1, 0.15) is 6.29 Å². The fourth-order valence-electron chi connectivity index (χ4n) is 3.62. The normalized spacial score (nSPS) is 20.5. The van der Waals surface area contributed by atoms with E-state index in [1.807, 2.05) is 0 Å². The molecule has 0 radical (unpaired) electrons. The van der Waals surface area contributed by atoms with Gasteiger partial charge in [0, 0.05) is 5.54 Å². The highest BCUT2D eigenvalue weighted by molar-refractivity contribution is 5.73. The number of hydrogen-bond acceptors (Lipinski definition) is 7. The molecule has 1 atom stereocenters. The van der Waals surface area contributed by atoms with Crippen molar-refractivity contribution in [1.29, 1.82) is 0 Å². The van der Waals surface area contributed by atoms with Crippen molar-refractivity contribution in [3.63, 3.8) is 0 Å². The van der Waals surface area contributed by atoms with Crippen LogP contribution in [0.4, 0.5) is 0 Å². The zero-order valence-electron chi connectivity index (χ0n) is 15.1. The predicted molar refractivity (Wildman–Crippen MR) is 94.5 cm³/mol. The second-order valence-corrected chi connectivity index (χ2v) is 6.95. The van der Waals surface area contributed by atoms with Crippen LogP contribution in [-0.2, 0) is 14.6 Å². The first kappa shape index (κ1) is 21.3. The zero-order valence-corrected chi connectivity index (χ0v) is 15.1. The van der Waals surface area contributed by atoms with Gasteiger partial charge in [-0.3, -0.25) is 10.2 Å². The van der Waals surface area contributed by atoms with Crippen LogP contribution >= 0.6 is 0 Å². The molecular weight excluding hydrogens is 308 g/mol. The second kappa shape index (κ2) is 11.8. The Labute approximate surface area is 145 Å². The van der Waals surface area contributed by atoms with E-state index in [9.17, 15) is 4.79 Å². The minimum Gasteiger partial charge on any atom is -0.324 e. The average Bonchev–Trinajstić information content (AvgIpc) is 2.53. The fourth-order valence-corrected chi connectivity index (χ4v) is 3.62. The summed E-state index contributed by atoms with van der Waals surface area (Å²) in [6.45, 7) is 0.643. The Hall–Kier alpha value is -0.730. The summed E-state index contributed by atoms with van der Waals surface area (Å²) in [5.74, 6) is -0.734.